The lowest BCUT2D eigenvalue weighted by atomic mass is 9.82. The summed E-state index contributed by atoms with van der Waals surface area (Å²) in [5.41, 5.74) is 1.95. The lowest BCUT2D eigenvalue weighted by molar-refractivity contribution is 0.284. The van der Waals surface area contributed by atoms with Crippen molar-refractivity contribution in [1.29, 1.82) is 0 Å². The molecule has 0 saturated heterocycles. The molecule has 216 valence electrons. The van der Waals surface area contributed by atoms with Crippen LogP contribution in [-0.2, 0) is 16.4 Å². The predicted octanol–water partition coefficient (Wildman–Crippen LogP) is 6.21. The quantitative estimate of drug-likeness (QED) is 0.208. The second-order valence-electron chi connectivity index (χ2n) is 10.6. The van der Waals surface area contributed by atoms with Gasteiger partial charge in [-0.3, -0.25) is 4.98 Å². The van der Waals surface area contributed by atoms with Gasteiger partial charge >= 0.3 is 0 Å². The summed E-state index contributed by atoms with van der Waals surface area (Å²) in [6, 6.07) is 18.4. The summed E-state index contributed by atoms with van der Waals surface area (Å²) < 4.78 is 28.2. The van der Waals surface area contributed by atoms with Crippen molar-refractivity contribution in [2.45, 2.75) is 37.0 Å². The number of para-hydroxylation sites is 1. The number of sulfonamides is 1. The van der Waals surface area contributed by atoms with E-state index in [4.69, 9.17) is 33.2 Å². The van der Waals surface area contributed by atoms with Crippen molar-refractivity contribution in [3.05, 3.63) is 82.6 Å². The molecule has 41 heavy (non-hydrogen) atoms. The van der Waals surface area contributed by atoms with Gasteiger partial charge in [-0.15, -0.1) is 0 Å². The maximum atomic E-state index is 12.7. The Labute approximate surface area is 251 Å². The highest BCUT2D eigenvalue weighted by atomic mass is 35.5. The molecule has 1 saturated carbocycles. The Hall–Kier alpha value is -2.98. The van der Waals surface area contributed by atoms with Crippen LogP contribution in [0, 0.1) is 11.8 Å². The van der Waals surface area contributed by atoms with Crippen LogP contribution in [0.5, 0.6) is 0 Å². The second kappa shape index (κ2) is 13.3. The van der Waals surface area contributed by atoms with Gasteiger partial charge in [-0.25, -0.2) is 18.1 Å². The van der Waals surface area contributed by atoms with Crippen LogP contribution in [0.2, 0.25) is 10.0 Å². The first kappa shape index (κ1) is 29.5. The van der Waals surface area contributed by atoms with E-state index in [-0.39, 0.29) is 10.8 Å². The molecule has 5 rings (SSSR count). The molecule has 2 N–H and O–H groups in total. The zero-order chi connectivity index (χ0) is 28.8. The Morgan fingerprint density at radius 2 is 1.59 bits per heavy atom. The number of nitrogens with one attached hydrogen (secondary N) is 2. The topological polar surface area (TPSA) is 100 Å². The van der Waals surface area contributed by atoms with Gasteiger partial charge in [-0.05, 0) is 80.0 Å². The summed E-state index contributed by atoms with van der Waals surface area (Å²) in [4.78, 5) is 16.4. The van der Waals surface area contributed by atoms with E-state index in [0.717, 1.165) is 67.6 Å². The van der Waals surface area contributed by atoms with Crippen LogP contribution in [0.1, 0.15) is 31.4 Å². The largest absolute Gasteiger partial charge is 0.359 e. The number of likely N-dealkylation sites (N-methyl/N-ethyl adjacent to an activating group) is 1. The maximum Gasteiger partial charge on any atom is 0.240 e. The first-order valence-electron chi connectivity index (χ1n) is 13.8. The molecule has 2 heterocycles. The Kier molecular flexibility index (Phi) is 9.60. The van der Waals surface area contributed by atoms with E-state index in [1.54, 1.807) is 0 Å². The van der Waals surface area contributed by atoms with Gasteiger partial charge in [-0.1, -0.05) is 41.4 Å². The molecule has 0 radical (unpaired) electrons. The zero-order valence-electron chi connectivity index (χ0n) is 22.9. The summed E-state index contributed by atoms with van der Waals surface area (Å²) >= 11 is 12.0. The Morgan fingerprint density at radius 1 is 0.902 bits per heavy atom. The Bertz CT molecular complexity index is 1560. The van der Waals surface area contributed by atoms with Crippen LogP contribution >= 0.6 is 23.2 Å². The van der Waals surface area contributed by atoms with Gasteiger partial charge in [0.25, 0.3) is 0 Å². The fraction of sp³-hybridized carbons (Fsp3) is 0.367. The van der Waals surface area contributed by atoms with Gasteiger partial charge in [-0.2, -0.15) is 4.98 Å². The van der Waals surface area contributed by atoms with Gasteiger partial charge in [0.2, 0.25) is 16.0 Å². The number of halogens is 2. The van der Waals surface area contributed by atoms with Crippen molar-refractivity contribution in [3.8, 4) is 0 Å². The van der Waals surface area contributed by atoms with E-state index >= 15 is 0 Å². The van der Waals surface area contributed by atoms with E-state index in [1.807, 2.05) is 42.6 Å². The van der Waals surface area contributed by atoms with Crippen molar-refractivity contribution >= 4 is 55.9 Å². The summed E-state index contributed by atoms with van der Waals surface area (Å²) in [5, 5.41) is 5.09. The number of aromatic nitrogens is 3. The molecule has 0 spiro atoms. The van der Waals surface area contributed by atoms with Crippen LogP contribution in [0.25, 0.3) is 10.9 Å². The Balaban J connectivity index is 1.15. The number of pyridine rings is 1. The average molecular weight is 614 g/mol. The molecule has 1 aliphatic carbocycles. The number of fused-ring (bicyclic) bond motifs is 1. The highest BCUT2D eigenvalue weighted by Crippen LogP contribution is 2.30. The highest BCUT2D eigenvalue weighted by Gasteiger charge is 2.24. The fourth-order valence-corrected chi connectivity index (χ4v) is 7.08. The van der Waals surface area contributed by atoms with Crippen molar-refractivity contribution in [2.75, 3.05) is 36.9 Å². The number of nitrogens with zero attached hydrogens (tertiary/aromatic N) is 4. The number of anilines is 2. The standard InChI is InChI=1S/C30H34Cl2N6O2S/c1-38(15-13-25-6-4-5-14-33-25)29-27-7-2-3-8-28(27)36-30(37-29)34-19-21-9-11-22(12-10-21)20-35-41(39,40)26-17-23(31)16-24(32)18-26/h2-8,14,16-18,21-22,35H,9-13,15,19-20H2,1H3,(H,34,36,37)/t21-,22-. The van der Waals surface area contributed by atoms with Gasteiger partial charge in [0, 0.05) is 60.4 Å². The molecule has 0 bridgehead atoms. The number of benzene rings is 2. The fourth-order valence-electron chi connectivity index (χ4n) is 5.23. The van der Waals surface area contributed by atoms with Gasteiger partial charge in [0.05, 0.1) is 10.4 Å². The van der Waals surface area contributed by atoms with Crippen molar-refractivity contribution in [2.24, 2.45) is 11.8 Å². The molecule has 0 aliphatic heterocycles. The van der Waals surface area contributed by atoms with Gasteiger partial charge in [0.15, 0.2) is 0 Å². The monoisotopic (exact) mass is 612 g/mol. The molecule has 0 amide bonds. The summed E-state index contributed by atoms with van der Waals surface area (Å²) in [6.45, 7) is 1.96. The van der Waals surface area contributed by atoms with Gasteiger partial charge in [0.1, 0.15) is 5.82 Å². The molecule has 1 aliphatic rings. The van der Waals surface area contributed by atoms with Gasteiger partial charge < -0.3 is 10.2 Å². The van der Waals surface area contributed by atoms with E-state index in [0.29, 0.717) is 28.5 Å². The van der Waals surface area contributed by atoms with Crippen LogP contribution in [-0.4, -0.2) is 50.1 Å². The van der Waals surface area contributed by atoms with E-state index in [2.05, 4.69) is 33.0 Å². The third-order valence-corrected chi connectivity index (χ3v) is 9.44. The molecule has 11 heteroatoms. The molecule has 2 aromatic heterocycles. The molecule has 4 aromatic rings. The average Bonchev–Trinajstić information content (AvgIpc) is 2.98. The van der Waals surface area contributed by atoms with Crippen molar-refractivity contribution in [1.82, 2.24) is 19.7 Å². The molecule has 0 unspecified atom stereocenters. The Morgan fingerprint density at radius 3 is 2.29 bits per heavy atom. The minimum atomic E-state index is -3.67. The molecular formula is C30H34Cl2N6O2S. The van der Waals surface area contributed by atoms with E-state index < -0.39 is 10.0 Å². The highest BCUT2D eigenvalue weighted by molar-refractivity contribution is 7.89. The van der Waals surface area contributed by atoms with Crippen molar-refractivity contribution < 1.29 is 8.42 Å². The second-order valence-corrected chi connectivity index (χ2v) is 13.2. The lowest BCUT2D eigenvalue weighted by Crippen LogP contribution is -2.32. The van der Waals surface area contributed by atoms with Crippen molar-refractivity contribution in [3.63, 3.8) is 0 Å². The summed E-state index contributed by atoms with van der Waals surface area (Å²) in [6.07, 6.45) is 6.56. The normalized spacial score (nSPS) is 17.4. The molecule has 0 atom stereocenters. The lowest BCUT2D eigenvalue weighted by Gasteiger charge is -2.29. The van der Waals surface area contributed by atoms with E-state index in [1.165, 1.54) is 18.2 Å². The smallest absolute Gasteiger partial charge is 0.240 e. The van der Waals surface area contributed by atoms with Crippen LogP contribution in [0.15, 0.2) is 71.8 Å². The number of hydrogen-bond donors (Lipinski definition) is 2. The minimum absolute atomic E-state index is 0.0880. The van der Waals surface area contributed by atoms with Crippen LogP contribution < -0.4 is 14.9 Å². The first-order chi connectivity index (χ1) is 19.8. The summed E-state index contributed by atoms with van der Waals surface area (Å²) in [5.74, 6) is 2.27. The van der Waals surface area contributed by atoms with E-state index in [9.17, 15) is 8.42 Å². The maximum absolute atomic E-state index is 12.7. The molecule has 8 nitrogen and oxygen atoms in total. The molecule has 2 aromatic carbocycles. The number of rotatable bonds is 11. The number of hydrogen-bond acceptors (Lipinski definition) is 7. The third kappa shape index (κ3) is 7.86. The molecule has 1 fully saturated rings. The zero-order valence-corrected chi connectivity index (χ0v) is 25.3. The first-order valence-corrected chi connectivity index (χ1v) is 16.1. The minimum Gasteiger partial charge on any atom is -0.359 e. The van der Waals surface area contributed by atoms with Crippen LogP contribution in [0.4, 0.5) is 11.8 Å². The van der Waals surface area contributed by atoms with Crippen LogP contribution in [0.3, 0.4) is 0 Å². The summed E-state index contributed by atoms with van der Waals surface area (Å²) in [7, 11) is -1.62. The molecular weight excluding hydrogens is 579 g/mol. The SMILES string of the molecule is CN(CCc1ccccn1)c1nc(NC[C@H]2CC[C@H](CNS(=O)(=O)c3cc(Cl)cc(Cl)c3)CC2)nc2ccccc12. The third-order valence-electron chi connectivity index (χ3n) is 7.60. The predicted molar refractivity (Wildman–Crippen MR) is 166 cm³/mol.